The number of nitrogens with zero attached hydrogens (tertiary/aromatic N) is 1. The van der Waals surface area contributed by atoms with E-state index in [1.807, 2.05) is 32.8 Å². The van der Waals surface area contributed by atoms with Gasteiger partial charge in [0, 0.05) is 17.6 Å². The van der Waals surface area contributed by atoms with Gasteiger partial charge in [0.2, 0.25) is 0 Å². The summed E-state index contributed by atoms with van der Waals surface area (Å²) in [6, 6.07) is 3.08. The lowest BCUT2D eigenvalue weighted by Crippen LogP contribution is -2.51. The quantitative estimate of drug-likeness (QED) is 0.877. The van der Waals surface area contributed by atoms with Crippen LogP contribution >= 0.6 is 0 Å². The average molecular weight is 256 g/mol. The third-order valence-corrected chi connectivity index (χ3v) is 3.94. The van der Waals surface area contributed by atoms with Crippen molar-refractivity contribution in [2.24, 2.45) is 5.73 Å². The molecule has 0 aliphatic heterocycles. The Hall–Kier alpha value is -1.00. The summed E-state index contributed by atoms with van der Waals surface area (Å²) < 4.78 is 26.6. The average Bonchev–Trinajstić information content (AvgIpc) is 2.29. The number of rotatable bonds is 5. The summed E-state index contributed by atoms with van der Waals surface area (Å²) >= 11 is 0. The molecule has 0 aromatic heterocycles. The molecule has 0 aliphatic carbocycles. The van der Waals surface area contributed by atoms with Crippen LogP contribution in [0, 0.1) is 11.6 Å². The topological polar surface area (TPSA) is 29.3 Å². The first-order valence-electron chi connectivity index (χ1n) is 6.26. The zero-order valence-corrected chi connectivity index (χ0v) is 11.5. The Morgan fingerprint density at radius 2 is 1.56 bits per heavy atom. The molecule has 0 bridgehead atoms. The highest BCUT2D eigenvalue weighted by Gasteiger charge is 2.36. The van der Waals surface area contributed by atoms with Gasteiger partial charge in [-0.2, -0.15) is 0 Å². The summed E-state index contributed by atoms with van der Waals surface area (Å²) in [5.41, 5.74) is 6.47. The van der Waals surface area contributed by atoms with Crippen LogP contribution in [0.25, 0.3) is 0 Å². The smallest absolute Gasteiger partial charge is 0.126 e. The molecule has 2 nitrogen and oxygen atoms in total. The van der Waals surface area contributed by atoms with Crippen LogP contribution < -0.4 is 5.73 Å². The number of halogens is 2. The van der Waals surface area contributed by atoms with E-state index in [2.05, 4.69) is 0 Å². The highest BCUT2D eigenvalue weighted by Crippen LogP contribution is 2.34. The summed E-state index contributed by atoms with van der Waals surface area (Å²) in [5.74, 6) is -1.17. The molecule has 4 heteroatoms. The standard InChI is InChI=1S/C14H22F2N2/c1-5-14(6-2,18(3)4)13(17)10-7-11(15)9-12(16)8-10/h7-9,13H,5-6,17H2,1-4H3. The van der Waals surface area contributed by atoms with Gasteiger partial charge in [0.1, 0.15) is 11.6 Å². The number of hydrogen-bond acceptors (Lipinski definition) is 2. The van der Waals surface area contributed by atoms with Gasteiger partial charge < -0.3 is 10.6 Å². The van der Waals surface area contributed by atoms with Crippen molar-refractivity contribution in [3.8, 4) is 0 Å². The molecule has 0 heterocycles. The van der Waals surface area contributed by atoms with E-state index in [4.69, 9.17) is 5.73 Å². The lowest BCUT2D eigenvalue weighted by molar-refractivity contribution is 0.105. The zero-order valence-electron chi connectivity index (χ0n) is 11.5. The Kier molecular flexibility index (Phi) is 4.82. The van der Waals surface area contributed by atoms with Crippen molar-refractivity contribution in [1.29, 1.82) is 0 Å². The van der Waals surface area contributed by atoms with E-state index >= 15 is 0 Å². The van der Waals surface area contributed by atoms with Gasteiger partial charge in [-0.25, -0.2) is 8.78 Å². The van der Waals surface area contributed by atoms with E-state index in [1.165, 1.54) is 12.1 Å². The van der Waals surface area contributed by atoms with Crippen LogP contribution in [0.5, 0.6) is 0 Å². The van der Waals surface area contributed by atoms with Crippen LogP contribution in [0.4, 0.5) is 8.78 Å². The van der Waals surface area contributed by atoms with Crippen molar-refractivity contribution < 1.29 is 8.78 Å². The highest BCUT2D eigenvalue weighted by atomic mass is 19.1. The van der Waals surface area contributed by atoms with Crippen LogP contribution in [0.2, 0.25) is 0 Å². The molecule has 0 saturated carbocycles. The fourth-order valence-corrected chi connectivity index (χ4v) is 2.67. The van der Waals surface area contributed by atoms with Crippen molar-refractivity contribution in [3.05, 3.63) is 35.4 Å². The summed E-state index contributed by atoms with van der Waals surface area (Å²) in [6.07, 6.45) is 1.63. The lowest BCUT2D eigenvalue weighted by Gasteiger charge is -2.43. The highest BCUT2D eigenvalue weighted by molar-refractivity contribution is 5.24. The molecule has 1 aromatic carbocycles. The van der Waals surface area contributed by atoms with Gasteiger partial charge in [-0.15, -0.1) is 0 Å². The van der Waals surface area contributed by atoms with Crippen molar-refractivity contribution >= 4 is 0 Å². The second-order valence-corrected chi connectivity index (χ2v) is 4.89. The molecule has 0 fully saturated rings. The molecular weight excluding hydrogens is 234 g/mol. The van der Waals surface area contributed by atoms with E-state index in [1.54, 1.807) is 0 Å². The molecule has 1 rings (SSSR count). The number of likely N-dealkylation sites (N-methyl/N-ethyl adjacent to an activating group) is 1. The van der Waals surface area contributed by atoms with Gasteiger partial charge >= 0.3 is 0 Å². The number of hydrogen-bond donors (Lipinski definition) is 1. The molecule has 0 radical (unpaired) electrons. The Bertz CT molecular complexity index is 381. The van der Waals surface area contributed by atoms with E-state index in [0.29, 0.717) is 5.56 Å². The lowest BCUT2D eigenvalue weighted by atomic mass is 9.80. The second kappa shape index (κ2) is 5.76. The minimum atomic E-state index is -0.583. The zero-order chi connectivity index (χ0) is 13.9. The fraction of sp³-hybridized carbons (Fsp3) is 0.571. The predicted octanol–water partition coefficient (Wildman–Crippen LogP) is 3.09. The van der Waals surface area contributed by atoms with Crippen LogP contribution in [0.15, 0.2) is 18.2 Å². The molecule has 2 N–H and O–H groups in total. The van der Waals surface area contributed by atoms with Gasteiger partial charge in [-0.1, -0.05) is 13.8 Å². The minimum Gasteiger partial charge on any atom is -0.322 e. The van der Waals surface area contributed by atoms with Crippen molar-refractivity contribution in [1.82, 2.24) is 4.90 Å². The molecular formula is C14H22F2N2. The largest absolute Gasteiger partial charge is 0.322 e. The van der Waals surface area contributed by atoms with Crippen LogP contribution in [0.1, 0.15) is 38.3 Å². The number of nitrogens with two attached hydrogens (primary N) is 1. The normalized spacial score (nSPS) is 14.0. The molecule has 0 amide bonds. The first-order chi connectivity index (χ1) is 8.37. The monoisotopic (exact) mass is 256 g/mol. The first kappa shape index (κ1) is 15.1. The SMILES string of the molecule is CCC(CC)(C(N)c1cc(F)cc(F)c1)N(C)C. The van der Waals surface area contributed by atoms with Crippen molar-refractivity contribution in [2.75, 3.05) is 14.1 Å². The first-order valence-corrected chi connectivity index (χ1v) is 6.26. The van der Waals surface area contributed by atoms with Crippen molar-refractivity contribution in [3.63, 3.8) is 0 Å². The van der Waals surface area contributed by atoms with Gasteiger partial charge in [-0.05, 0) is 44.6 Å². The maximum absolute atomic E-state index is 13.3. The number of benzene rings is 1. The van der Waals surface area contributed by atoms with E-state index in [9.17, 15) is 8.78 Å². The maximum Gasteiger partial charge on any atom is 0.126 e. The summed E-state index contributed by atoms with van der Waals surface area (Å²) in [5, 5.41) is 0. The Balaban J connectivity index is 3.21. The Morgan fingerprint density at radius 1 is 1.11 bits per heavy atom. The minimum absolute atomic E-state index is 0.291. The molecule has 0 spiro atoms. The third-order valence-electron chi connectivity index (χ3n) is 3.94. The van der Waals surface area contributed by atoms with E-state index < -0.39 is 17.7 Å². The van der Waals surface area contributed by atoms with Gasteiger partial charge in [0.15, 0.2) is 0 Å². The summed E-state index contributed by atoms with van der Waals surface area (Å²) in [6.45, 7) is 4.08. The molecule has 102 valence electrons. The molecule has 1 atom stereocenters. The maximum atomic E-state index is 13.3. The van der Waals surface area contributed by atoms with Crippen LogP contribution in [-0.2, 0) is 0 Å². The van der Waals surface area contributed by atoms with Crippen LogP contribution in [-0.4, -0.2) is 24.5 Å². The molecule has 1 unspecified atom stereocenters. The van der Waals surface area contributed by atoms with Crippen LogP contribution in [0.3, 0.4) is 0 Å². The van der Waals surface area contributed by atoms with E-state index in [0.717, 1.165) is 18.9 Å². The van der Waals surface area contributed by atoms with Gasteiger partial charge in [0.05, 0.1) is 0 Å². The van der Waals surface area contributed by atoms with Gasteiger partial charge in [0.25, 0.3) is 0 Å². The molecule has 0 aliphatic rings. The molecule has 18 heavy (non-hydrogen) atoms. The second-order valence-electron chi connectivity index (χ2n) is 4.89. The van der Waals surface area contributed by atoms with Gasteiger partial charge in [-0.3, -0.25) is 0 Å². The Morgan fingerprint density at radius 3 is 1.89 bits per heavy atom. The Labute approximate surface area is 108 Å². The van der Waals surface area contributed by atoms with E-state index in [-0.39, 0.29) is 5.54 Å². The molecule has 1 aromatic rings. The summed E-state index contributed by atoms with van der Waals surface area (Å²) in [4.78, 5) is 2.04. The molecule has 0 saturated heterocycles. The predicted molar refractivity (Wildman–Crippen MR) is 70.3 cm³/mol. The summed E-state index contributed by atoms with van der Waals surface area (Å²) in [7, 11) is 3.89. The van der Waals surface area contributed by atoms with Crippen molar-refractivity contribution in [2.45, 2.75) is 38.3 Å². The third kappa shape index (κ3) is 2.70. The fourth-order valence-electron chi connectivity index (χ4n) is 2.67.